The molecule has 1 aromatic heterocycles. The van der Waals surface area contributed by atoms with Gasteiger partial charge < -0.3 is 4.90 Å². The van der Waals surface area contributed by atoms with Crippen molar-refractivity contribution in [3.63, 3.8) is 0 Å². The van der Waals surface area contributed by atoms with Crippen LogP contribution in [0, 0.1) is 24.1 Å². The van der Waals surface area contributed by atoms with E-state index < -0.39 is 0 Å². The first kappa shape index (κ1) is 12.0. The third-order valence-corrected chi connectivity index (χ3v) is 2.48. The standard InChI is InChI=1S/C13H11FN4/c1-9-16-11(8-15)7-13(17-9)18(2)12-5-3-4-10(14)6-12/h3-7H,1-2H3. The Morgan fingerprint density at radius 2 is 2.06 bits per heavy atom. The Morgan fingerprint density at radius 1 is 1.28 bits per heavy atom. The molecule has 0 radical (unpaired) electrons. The van der Waals surface area contributed by atoms with Crippen molar-refractivity contribution in [3.8, 4) is 6.07 Å². The molecule has 1 aromatic carbocycles. The van der Waals surface area contributed by atoms with E-state index in [1.165, 1.54) is 12.1 Å². The lowest BCUT2D eigenvalue weighted by Gasteiger charge is -2.18. The van der Waals surface area contributed by atoms with Crippen LogP contribution in [0.25, 0.3) is 0 Å². The average molecular weight is 242 g/mol. The van der Waals surface area contributed by atoms with E-state index >= 15 is 0 Å². The highest BCUT2D eigenvalue weighted by Crippen LogP contribution is 2.22. The zero-order valence-electron chi connectivity index (χ0n) is 10.1. The molecule has 2 rings (SSSR count). The lowest BCUT2D eigenvalue weighted by Crippen LogP contribution is -2.12. The number of nitriles is 1. The van der Waals surface area contributed by atoms with Crippen molar-refractivity contribution in [2.75, 3.05) is 11.9 Å². The number of hydrogen-bond donors (Lipinski definition) is 0. The van der Waals surface area contributed by atoms with Crippen molar-refractivity contribution < 1.29 is 4.39 Å². The van der Waals surface area contributed by atoms with Crippen molar-refractivity contribution in [1.29, 1.82) is 5.26 Å². The second-order valence-corrected chi connectivity index (χ2v) is 3.81. The Balaban J connectivity index is 2.43. The van der Waals surface area contributed by atoms with Gasteiger partial charge in [0.1, 0.15) is 29.2 Å². The third-order valence-electron chi connectivity index (χ3n) is 2.48. The van der Waals surface area contributed by atoms with Gasteiger partial charge in [0.25, 0.3) is 0 Å². The van der Waals surface area contributed by atoms with E-state index in [-0.39, 0.29) is 5.82 Å². The van der Waals surface area contributed by atoms with E-state index in [2.05, 4.69) is 9.97 Å². The Labute approximate surface area is 104 Å². The molecular formula is C13H11FN4. The minimum absolute atomic E-state index is 0.292. The fourth-order valence-electron chi connectivity index (χ4n) is 1.60. The number of halogens is 1. The molecule has 0 fully saturated rings. The molecule has 1 heterocycles. The van der Waals surface area contributed by atoms with Crippen molar-refractivity contribution >= 4 is 11.5 Å². The number of nitrogens with zero attached hydrogens (tertiary/aromatic N) is 4. The van der Waals surface area contributed by atoms with Crippen LogP contribution in [0.3, 0.4) is 0 Å². The van der Waals surface area contributed by atoms with Gasteiger partial charge in [-0.05, 0) is 25.1 Å². The highest BCUT2D eigenvalue weighted by molar-refractivity contribution is 5.59. The predicted octanol–water partition coefficient (Wildman–Crippen LogP) is 2.56. The van der Waals surface area contributed by atoms with Gasteiger partial charge in [-0.25, -0.2) is 14.4 Å². The number of anilines is 2. The van der Waals surface area contributed by atoms with E-state index in [4.69, 9.17) is 5.26 Å². The zero-order valence-corrected chi connectivity index (χ0v) is 10.1. The van der Waals surface area contributed by atoms with Gasteiger partial charge in [-0.15, -0.1) is 0 Å². The Hall–Kier alpha value is -2.48. The highest BCUT2D eigenvalue weighted by atomic mass is 19.1. The molecule has 2 aromatic rings. The lowest BCUT2D eigenvalue weighted by atomic mass is 10.3. The number of aromatic nitrogens is 2. The molecule has 0 saturated carbocycles. The van der Waals surface area contributed by atoms with Crippen LogP contribution in [0.1, 0.15) is 11.5 Å². The molecule has 0 aliphatic rings. The summed E-state index contributed by atoms with van der Waals surface area (Å²) in [5, 5.41) is 8.86. The fourth-order valence-corrected chi connectivity index (χ4v) is 1.60. The minimum Gasteiger partial charge on any atom is -0.329 e. The summed E-state index contributed by atoms with van der Waals surface area (Å²) in [7, 11) is 1.76. The molecule has 0 aliphatic heterocycles. The van der Waals surface area contributed by atoms with Gasteiger partial charge in [-0.1, -0.05) is 6.07 Å². The van der Waals surface area contributed by atoms with Gasteiger partial charge in [-0.2, -0.15) is 5.26 Å². The Bertz CT molecular complexity index is 619. The SMILES string of the molecule is Cc1nc(C#N)cc(N(C)c2cccc(F)c2)n1. The molecule has 18 heavy (non-hydrogen) atoms. The molecule has 0 unspecified atom stereocenters. The quantitative estimate of drug-likeness (QED) is 0.812. The minimum atomic E-state index is -0.314. The van der Waals surface area contributed by atoms with E-state index in [0.29, 0.717) is 23.0 Å². The van der Waals surface area contributed by atoms with Crippen LogP contribution in [0.2, 0.25) is 0 Å². The van der Waals surface area contributed by atoms with Gasteiger partial charge in [0, 0.05) is 18.8 Å². The number of aryl methyl sites for hydroxylation is 1. The number of hydrogen-bond acceptors (Lipinski definition) is 4. The van der Waals surface area contributed by atoms with Gasteiger partial charge in [0.05, 0.1) is 0 Å². The van der Waals surface area contributed by atoms with E-state index in [0.717, 1.165) is 0 Å². The largest absolute Gasteiger partial charge is 0.329 e. The molecule has 0 aliphatic carbocycles. The Morgan fingerprint density at radius 3 is 2.72 bits per heavy atom. The van der Waals surface area contributed by atoms with E-state index in [1.807, 2.05) is 6.07 Å². The maximum absolute atomic E-state index is 13.2. The van der Waals surface area contributed by atoms with Crippen molar-refractivity contribution in [2.24, 2.45) is 0 Å². The third kappa shape index (κ3) is 2.43. The molecule has 0 amide bonds. The summed E-state index contributed by atoms with van der Waals surface area (Å²) in [4.78, 5) is 9.91. The number of benzene rings is 1. The maximum atomic E-state index is 13.2. The van der Waals surface area contributed by atoms with Crippen molar-refractivity contribution in [1.82, 2.24) is 9.97 Å². The molecular weight excluding hydrogens is 231 g/mol. The van der Waals surface area contributed by atoms with Crippen molar-refractivity contribution in [2.45, 2.75) is 6.92 Å². The number of rotatable bonds is 2. The first-order valence-electron chi connectivity index (χ1n) is 5.35. The molecule has 0 N–H and O–H groups in total. The summed E-state index contributed by atoms with van der Waals surface area (Å²) >= 11 is 0. The predicted molar refractivity (Wildman–Crippen MR) is 65.9 cm³/mol. The van der Waals surface area contributed by atoms with E-state index in [9.17, 15) is 4.39 Å². The first-order chi connectivity index (χ1) is 8.60. The second-order valence-electron chi connectivity index (χ2n) is 3.81. The molecule has 0 atom stereocenters. The van der Waals surface area contributed by atoms with Gasteiger partial charge >= 0.3 is 0 Å². The van der Waals surface area contributed by atoms with Gasteiger partial charge in [0.2, 0.25) is 0 Å². The smallest absolute Gasteiger partial charge is 0.146 e. The fraction of sp³-hybridized carbons (Fsp3) is 0.154. The van der Waals surface area contributed by atoms with Crippen LogP contribution in [0.5, 0.6) is 0 Å². The summed E-state index contributed by atoms with van der Waals surface area (Å²) < 4.78 is 13.2. The van der Waals surface area contributed by atoms with Crippen LogP contribution in [0.4, 0.5) is 15.9 Å². The van der Waals surface area contributed by atoms with Gasteiger partial charge in [0.15, 0.2) is 0 Å². The molecule has 90 valence electrons. The monoisotopic (exact) mass is 242 g/mol. The summed E-state index contributed by atoms with van der Waals surface area (Å²) in [6.07, 6.45) is 0. The molecule has 5 heteroatoms. The van der Waals surface area contributed by atoms with Crippen LogP contribution in [-0.4, -0.2) is 17.0 Å². The van der Waals surface area contributed by atoms with Crippen molar-refractivity contribution in [3.05, 3.63) is 47.7 Å². The van der Waals surface area contributed by atoms with E-state index in [1.54, 1.807) is 37.1 Å². The zero-order chi connectivity index (χ0) is 13.1. The molecule has 4 nitrogen and oxygen atoms in total. The summed E-state index contributed by atoms with van der Waals surface area (Å²) in [5.74, 6) is 0.752. The normalized spacial score (nSPS) is 9.89. The first-order valence-corrected chi connectivity index (χ1v) is 5.35. The van der Waals surface area contributed by atoms with Crippen LogP contribution in [0.15, 0.2) is 30.3 Å². The van der Waals surface area contributed by atoms with Crippen LogP contribution >= 0.6 is 0 Å². The maximum Gasteiger partial charge on any atom is 0.146 e. The highest BCUT2D eigenvalue weighted by Gasteiger charge is 2.09. The summed E-state index contributed by atoms with van der Waals surface area (Å²) in [5.41, 5.74) is 0.956. The summed E-state index contributed by atoms with van der Waals surface area (Å²) in [6.45, 7) is 1.71. The average Bonchev–Trinajstić information content (AvgIpc) is 2.37. The molecule has 0 spiro atoms. The van der Waals surface area contributed by atoms with Crippen LogP contribution < -0.4 is 4.90 Å². The Kier molecular flexibility index (Phi) is 3.20. The van der Waals surface area contributed by atoms with Gasteiger partial charge in [-0.3, -0.25) is 0 Å². The lowest BCUT2D eigenvalue weighted by molar-refractivity contribution is 0.628. The van der Waals surface area contributed by atoms with Crippen LogP contribution in [-0.2, 0) is 0 Å². The topological polar surface area (TPSA) is 52.8 Å². The molecule has 0 saturated heterocycles. The second kappa shape index (κ2) is 4.80. The molecule has 0 bridgehead atoms. The summed E-state index contributed by atoms with van der Waals surface area (Å²) in [6, 6.07) is 9.72.